The van der Waals surface area contributed by atoms with Gasteiger partial charge in [-0.15, -0.1) is 0 Å². The summed E-state index contributed by atoms with van der Waals surface area (Å²) >= 11 is 0. The van der Waals surface area contributed by atoms with Crippen LogP contribution >= 0.6 is 0 Å². The van der Waals surface area contributed by atoms with Gasteiger partial charge in [-0.3, -0.25) is 4.79 Å². The van der Waals surface area contributed by atoms with Gasteiger partial charge in [-0.2, -0.15) is 5.26 Å². The Bertz CT molecular complexity index is 585. The van der Waals surface area contributed by atoms with Crippen LogP contribution in [0.3, 0.4) is 0 Å². The van der Waals surface area contributed by atoms with Gasteiger partial charge < -0.3 is 9.64 Å². The Morgan fingerprint density at radius 2 is 2.00 bits per heavy atom. The van der Waals surface area contributed by atoms with Gasteiger partial charge in [0.1, 0.15) is 0 Å². The van der Waals surface area contributed by atoms with Crippen molar-refractivity contribution in [3.63, 3.8) is 0 Å². The quantitative estimate of drug-likeness (QED) is 0.597. The van der Waals surface area contributed by atoms with E-state index < -0.39 is 12.1 Å². The molecular weight excluding hydrogens is 280 g/mol. The molecule has 1 aromatic rings. The highest BCUT2D eigenvalue weighted by Crippen LogP contribution is 2.06. The molecule has 0 saturated carbocycles. The summed E-state index contributed by atoms with van der Waals surface area (Å²) in [4.78, 5) is 25.0. The van der Waals surface area contributed by atoms with Crippen molar-refractivity contribution in [2.24, 2.45) is 0 Å². The number of nitrogens with zero attached hydrogens (tertiary/aromatic N) is 2. The molecule has 5 heteroatoms. The summed E-state index contributed by atoms with van der Waals surface area (Å²) in [6, 6.07) is 9.64. The number of rotatable bonds is 6. The van der Waals surface area contributed by atoms with Gasteiger partial charge in [-0.1, -0.05) is 29.8 Å². The number of likely N-dealkylation sites (N-methyl/N-ethyl adjacent to an activating group) is 1. The lowest BCUT2D eigenvalue weighted by molar-refractivity contribution is -0.154. The van der Waals surface area contributed by atoms with Crippen molar-refractivity contribution >= 4 is 18.0 Å². The van der Waals surface area contributed by atoms with Crippen molar-refractivity contribution in [1.82, 2.24) is 4.90 Å². The Kier molecular flexibility index (Phi) is 6.84. The molecule has 0 radical (unpaired) electrons. The molecule has 0 spiro atoms. The Balaban J connectivity index is 2.51. The number of nitriles is 1. The molecule has 1 rings (SSSR count). The topological polar surface area (TPSA) is 70.4 Å². The van der Waals surface area contributed by atoms with Crippen molar-refractivity contribution in [2.45, 2.75) is 26.4 Å². The summed E-state index contributed by atoms with van der Waals surface area (Å²) in [5.74, 6) is -0.901. The minimum absolute atomic E-state index is 0.246. The smallest absolute Gasteiger partial charge is 0.331 e. The highest BCUT2D eigenvalue weighted by molar-refractivity contribution is 5.90. The molecule has 0 N–H and O–H groups in total. The number of hydrogen-bond acceptors (Lipinski definition) is 4. The SMILES string of the molecule is Cc1ccc(/C=C/C(=O)O[C@H](C)C(=O)N(C)CCC#N)cc1. The highest BCUT2D eigenvalue weighted by atomic mass is 16.5. The second-order valence-corrected chi connectivity index (χ2v) is 4.99. The number of esters is 1. The van der Waals surface area contributed by atoms with Crippen molar-refractivity contribution in [3.05, 3.63) is 41.5 Å². The first-order chi connectivity index (χ1) is 10.4. The van der Waals surface area contributed by atoms with Crippen molar-refractivity contribution in [1.29, 1.82) is 5.26 Å². The molecule has 1 amide bonds. The van der Waals surface area contributed by atoms with Crippen molar-refractivity contribution in [2.75, 3.05) is 13.6 Å². The molecule has 0 aliphatic rings. The summed E-state index contributed by atoms with van der Waals surface area (Å²) in [6.07, 6.45) is 2.30. The fourth-order valence-corrected chi connectivity index (χ4v) is 1.74. The summed E-state index contributed by atoms with van der Waals surface area (Å²) in [7, 11) is 1.58. The lowest BCUT2D eigenvalue weighted by Gasteiger charge is -2.19. The number of carbonyl (C=O) groups excluding carboxylic acids is 2. The molecule has 0 unspecified atom stereocenters. The predicted molar refractivity (Wildman–Crippen MR) is 83.6 cm³/mol. The molecule has 22 heavy (non-hydrogen) atoms. The van der Waals surface area contributed by atoms with Gasteiger partial charge in [-0.25, -0.2) is 4.79 Å². The van der Waals surface area contributed by atoms with E-state index in [2.05, 4.69) is 0 Å². The maximum atomic E-state index is 11.9. The van der Waals surface area contributed by atoms with Gasteiger partial charge in [0.25, 0.3) is 5.91 Å². The minimum atomic E-state index is -0.876. The van der Waals surface area contributed by atoms with Crippen LogP contribution in [0.15, 0.2) is 30.3 Å². The first-order valence-electron chi connectivity index (χ1n) is 7.01. The number of aryl methyl sites for hydroxylation is 1. The van der Waals surface area contributed by atoms with Crippen LogP contribution in [0.4, 0.5) is 0 Å². The molecule has 5 nitrogen and oxygen atoms in total. The normalized spacial score (nSPS) is 11.7. The van der Waals surface area contributed by atoms with Gasteiger partial charge >= 0.3 is 5.97 Å². The molecule has 0 bridgehead atoms. The Morgan fingerprint density at radius 1 is 1.36 bits per heavy atom. The highest BCUT2D eigenvalue weighted by Gasteiger charge is 2.20. The first-order valence-corrected chi connectivity index (χ1v) is 7.01. The van der Waals surface area contributed by atoms with Crippen LogP contribution < -0.4 is 0 Å². The van der Waals surface area contributed by atoms with Crippen LogP contribution in [0.5, 0.6) is 0 Å². The second kappa shape index (κ2) is 8.63. The van der Waals surface area contributed by atoms with Crippen molar-refractivity contribution < 1.29 is 14.3 Å². The monoisotopic (exact) mass is 300 g/mol. The molecule has 0 aliphatic heterocycles. The number of carbonyl (C=O) groups is 2. The molecule has 0 saturated heterocycles. The zero-order valence-corrected chi connectivity index (χ0v) is 13.1. The second-order valence-electron chi connectivity index (χ2n) is 4.99. The lowest BCUT2D eigenvalue weighted by Crippen LogP contribution is -2.37. The maximum absolute atomic E-state index is 11.9. The standard InChI is InChI=1S/C17H20N2O3/c1-13-5-7-15(8-6-13)9-10-16(20)22-14(2)17(21)19(3)12-4-11-18/h5-10,14H,4,12H2,1-3H3/b10-9+/t14-/m1/s1. The summed E-state index contributed by atoms with van der Waals surface area (Å²) in [6.45, 7) is 3.82. The van der Waals surface area contributed by atoms with Crippen molar-refractivity contribution in [3.8, 4) is 6.07 Å². The number of hydrogen-bond donors (Lipinski definition) is 0. The summed E-state index contributed by atoms with van der Waals surface area (Å²) < 4.78 is 5.06. The fraction of sp³-hybridized carbons (Fsp3) is 0.353. The van der Waals surface area contributed by atoms with Gasteiger partial charge in [0.2, 0.25) is 0 Å². The van der Waals surface area contributed by atoms with Crippen LogP contribution in [0.25, 0.3) is 6.08 Å². The largest absolute Gasteiger partial charge is 0.449 e. The average Bonchev–Trinajstić information content (AvgIpc) is 2.51. The molecule has 0 fully saturated rings. The summed E-state index contributed by atoms with van der Waals surface area (Å²) in [5, 5.41) is 8.49. The molecule has 116 valence electrons. The molecule has 1 aromatic carbocycles. The Hall–Kier alpha value is -2.61. The van der Waals surface area contributed by atoms with E-state index in [1.807, 2.05) is 37.3 Å². The van der Waals surface area contributed by atoms with Crippen LogP contribution in [-0.2, 0) is 14.3 Å². The van der Waals surface area contributed by atoms with E-state index in [4.69, 9.17) is 10.00 Å². The number of ether oxygens (including phenoxy) is 1. The summed E-state index contributed by atoms with van der Waals surface area (Å²) in [5.41, 5.74) is 2.02. The molecule has 0 aliphatic carbocycles. The fourth-order valence-electron chi connectivity index (χ4n) is 1.74. The third-order valence-electron chi connectivity index (χ3n) is 3.07. The van der Waals surface area contributed by atoms with E-state index in [0.717, 1.165) is 11.1 Å². The Morgan fingerprint density at radius 3 is 2.59 bits per heavy atom. The zero-order valence-electron chi connectivity index (χ0n) is 13.1. The van der Waals surface area contributed by atoms with Crippen LogP contribution in [-0.4, -0.2) is 36.5 Å². The molecular formula is C17H20N2O3. The average molecular weight is 300 g/mol. The minimum Gasteiger partial charge on any atom is -0.449 e. The molecule has 1 atom stereocenters. The van der Waals surface area contributed by atoms with E-state index in [-0.39, 0.29) is 12.3 Å². The molecule has 0 heterocycles. The third-order valence-corrected chi connectivity index (χ3v) is 3.07. The van der Waals surface area contributed by atoms with Gasteiger partial charge in [0, 0.05) is 19.7 Å². The first kappa shape index (κ1) is 17.4. The van der Waals surface area contributed by atoms with Gasteiger partial charge in [0.15, 0.2) is 6.10 Å². The van der Waals surface area contributed by atoms with Gasteiger partial charge in [-0.05, 0) is 25.5 Å². The number of benzene rings is 1. The molecule has 0 aromatic heterocycles. The van der Waals surface area contributed by atoms with Crippen LogP contribution in [0, 0.1) is 18.3 Å². The van der Waals surface area contributed by atoms with E-state index >= 15 is 0 Å². The van der Waals surface area contributed by atoms with Crippen LogP contribution in [0.1, 0.15) is 24.5 Å². The Labute approximate surface area is 130 Å². The zero-order chi connectivity index (χ0) is 16.5. The van der Waals surface area contributed by atoms with Crippen LogP contribution in [0.2, 0.25) is 0 Å². The van der Waals surface area contributed by atoms with E-state index in [1.54, 1.807) is 13.1 Å². The van der Waals surface area contributed by atoms with Gasteiger partial charge in [0.05, 0.1) is 12.5 Å². The van der Waals surface area contributed by atoms with E-state index in [1.165, 1.54) is 17.9 Å². The maximum Gasteiger partial charge on any atom is 0.331 e. The van der Waals surface area contributed by atoms with E-state index in [0.29, 0.717) is 6.54 Å². The lowest BCUT2D eigenvalue weighted by atomic mass is 10.1. The predicted octanol–water partition coefficient (Wildman–Crippen LogP) is 2.31. The van der Waals surface area contributed by atoms with E-state index in [9.17, 15) is 9.59 Å². The number of amides is 1. The third kappa shape index (κ3) is 5.80.